The van der Waals surface area contributed by atoms with Crippen LogP contribution in [-0.4, -0.2) is 18.3 Å². The van der Waals surface area contributed by atoms with Gasteiger partial charge in [-0.1, -0.05) is 35.9 Å². The van der Waals surface area contributed by atoms with Crippen molar-refractivity contribution in [3.63, 3.8) is 0 Å². The molecule has 0 spiro atoms. The van der Waals surface area contributed by atoms with Crippen LogP contribution >= 0.6 is 35.0 Å². The number of anilines is 1. The van der Waals surface area contributed by atoms with Gasteiger partial charge in [0.05, 0.1) is 5.69 Å². The van der Waals surface area contributed by atoms with Gasteiger partial charge in [0.2, 0.25) is 5.91 Å². The Kier molecular flexibility index (Phi) is 4.97. The van der Waals surface area contributed by atoms with E-state index in [9.17, 15) is 4.79 Å². The molecule has 0 N–H and O–H groups in total. The molecule has 2 aromatic carbocycles. The summed E-state index contributed by atoms with van der Waals surface area (Å²) in [5, 5.41) is 0.443. The molecule has 1 atom stereocenters. The van der Waals surface area contributed by atoms with Gasteiger partial charge < -0.3 is 4.90 Å². The lowest BCUT2D eigenvalue weighted by atomic mass is 10.1. The number of amides is 1. The smallest absolute Gasteiger partial charge is 0.245 e. The van der Waals surface area contributed by atoms with Crippen LogP contribution < -0.4 is 4.90 Å². The van der Waals surface area contributed by atoms with Crippen LogP contribution in [0.1, 0.15) is 17.2 Å². The van der Waals surface area contributed by atoms with E-state index in [0.717, 1.165) is 22.6 Å². The van der Waals surface area contributed by atoms with Crippen LogP contribution in [0.25, 0.3) is 0 Å². The van der Waals surface area contributed by atoms with Crippen LogP contribution in [0.3, 0.4) is 0 Å². The lowest BCUT2D eigenvalue weighted by Crippen LogP contribution is -2.38. The van der Waals surface area contributed by atoms with E-state index in [2.05, 4.69) is 6.07 Å². The molecule has 1 amide bonds. The van der Waals surface area contributed by atoms with Gasteiger partial charge in [-0.15, -0.1) is 23.4 Å². The standard InChI is InChI=1S/C17H15Cl2NOS/c18-10-3-11-20-14-4-1-2-5-15(14)22-16(17(20)21)12-6-8-13(19)9-7-12/h1-2,4-9,16H,3,10-11H2. The second-order valence-corrected chi connectivity index (χ2v) is 7.01. The third-order valence-electron chi connectivity index (χ3n) is 3.58. The molecule has 2 nitrogen and oxygen atoms in total. The molecule has 1 aliphatic heterocycles. The summed E-state index contributed by atoms with van der Waals surface area (Å²) in [7, 11) is 0. The van der Waals surface area contributed by atoms with E-state index in [4.69, 9.17) is 23.2 Å². The van der Waals surface area contributed by atoms with Crippen molar-refractivity contribution < 1.29 is 4.79 Å². The molecule has 2 aromatic rings. The van der Waals surface area contributed by atoms with E-state index >= 15 is 0 Å². The van der Waals surface area contributed by atoms with Crippen molar-refractivity contribution in [2.45, 2.75) is 16.6 Å². The first-order valence-electron chi connectivity index (χ1n) is 7.09. The number of benzene rings is 2. The average Bonchev–Trinajstić information content (AvgIpc) is 2.54. The van der Waals surface area contributed by atoms with E-state index in [1.165, 1.54) is 0 Å². The van der Waals surface area contributed by atoms with Crippen molar-refractivity contribution in [3.8, 4) is 0 Å². The van der Waals surface area contributed by atoms with Crippen molar-refractivity contribution in [2.75, 3.05) is 17.3 Å². The quantitative estimate of drug-likeness (QED) is 0.710. The predicted molar refractivity (Wildman–Crippen MR) is 94.2 cm³/mol. The van der Waals surface area contributed by atoms with E-state index in [-0.39, 0.29) is 11.2 Å². The monoisotopic (exact) mass is 351 g/mol. The van der Waals surface area contributed by atoms with Crippen LogP contribution in [0.5, 0.6) is 0 Å². The first kappa shape index (κ1) is 15.7. The summed E-state index contributed by atoms with van der Waals surface area (Å²) < 4.78 is 0. The molecule has 1 unspecified atom stereocenters. The Morgan fingerprint density at radius 3 is 2.55 bits per heavy atom. The van der Waals surface area contributed by atoms with E-state index in [0.29, 0.717) is 17.4 Å². The second kappa shape index (κ2) is 6.95. The minimum atomic E-state index is -0.234. The van der Waals surface area contributed by atoms with E-state index in [1.807, 2.05) is 47.4 Å². The van der Waals surface area contributed by atoms with Gasteiger partial charge >= 0.3 is 0 Å². The Morgan fingerprint density at radius 1 is 1.09 bits per heavy atom. The molecule has 114 valence electrons. The second-order valence-electron chi connectivity index (χ2n) is 5.05. The van der Waals surface area contributed by atoms with Gasteiger partial charge in [-0.25, -0.2) is 0 Å². The number of hydrogen-bond acceptors (Lipinski definition) is 2. The number of thioether (sulfide) groups is 1. The number of carbonyl (C=O) groups excluding carboxylic acids is 1. The number of rotatable bonds is 4. The van der Waals surface area contributed by atoms with Gasteiger partial charge in [0.1, 0.15) is 5.25 Å². The molecule has 5 heteroatoms. The highest BCUT2D eigenvalue weighted by Crippen LogP contribution is 2.46. The fourth-order valence-corrected chi connectivity index (χ4v) is 3.99. The van der Waals surface area contributed by atoms with Crippen molar-refractivity contribution in [1.82, 2.24) is 0 Å². The Labute approximate surface area is 144 Å². The Bertz CT molecular complexity index is 675. The molecule has 1 aliphatic rings. The molecule has 0 bridgehead atoms. The summed E-state index contributed by atoms with van der Waals surface area (Å²) in [5.74, 6) is 0.654. The van der Waals surface area contributed by atoms with Gasteiger partial charge in [-0.3, -0.25) is 4.79 Å². The lowest BCUT2D eigenvalue weighted by molar-refractivity contribution is -0.118. The normalized spacial score (nSPS) is 17.5. The Balaban J connectivity index is 1.97. The van der Waals surface area contributed by atoms with Crippen molar-refractivity contribution >= 4 is 46.6 Å². The summed E-state index contributed by atoms with van der Waals surface area (Å²) in [5.41, 5.74) is 1.96. The zero-order chi connectivity index (χ0) is 15.5. The number of carbonyl (C=O) groups is 1. The predicted octanol–water partition coefficient (Wildman–Crippen LogP) is 5.15. The minimum absolute atomic E-state index is 0.108. The number of hydrogen-bond donors (Lipinski definition) is 0. The zero-order valence-corrected chi connectivity index (χ0v) is 14.2. The average molecular weight is 352 g/mol. The zero-order valence-electron chi connectivity index (χ0n) is 11.8. The molecule has 0 aromatic heterocycles. The molecule has 3 rings (SSSR count). The number of alkyl halides is 1. The SMILES string of the molecule is O=C1C(c2ccc(Cl)cc2)Sc2ccccc2N1CCCCl. The summed E-state index contributed by atoms with van der Waals surface area (Å²) in [6.45, 7) is 0.643. The van der Waals surface area contributed by atoms with Crippen LogP contribution in [-0.2, 0) is 4.79 Å². The maximum absolute atomic E-state index is 12.9. The molecule has 22 heavy (non-hydrogen) atoms. The fraction of sp³-hybridized carbons (Fsp3) is 0.235. The molecule has 1 heterocycles. The molecule has 0 saturated heterocycles. The van der Waals surface area contributed by atoms with Gasteiger partial charge in [0.15, 0.2) is 0 Å². The van der Waals surface area contributed by atoms with Gasteiger partial charge in [0, 0.05) is 22.3 Å². The largest absolute Gasteiger partial charge is 0.310 e. The highest BCUT2D eigenvalue weighted by molar-refractivity contribution is 8.00. The highest BCUT2D eigenvalue weighted by atomic mass is 35.5. The lowest BCUT2D eigenvalue weighted by Gasteiger charge is -2.33. The number of fused-ring (bicyclic) bond motifs is 1. The molecular weight excluding hydrogens is 337 g/mol. The van der Waals surface area contributed by atoms with Crippen LogP contribution in [0, 0.1) is 0 Å². The van der Waals surface area contributed by atoms with Crippen LogP contribution in [0.15, 0.2) is 53.4 Å². The fourth-order valence-electron chi connectivity index (χ4n) is 2.51. The molecular formula is C17H15Cl2NOS. The summed E-state index contributed by atoms with van der Waals surface area (Å²) >= 11 is 13.4. The van der Waals surface area contributed by atoms with Crippen molar-refractivity contribution in [3.05, 3.63) is 59.1 Å². The van der Waals surface area contributed by atoms with Gasteiger partial charge in [0.25, 0.3) is 0 Å². The maximum Gasteiger partial charge on any atom is 0.245 e. The minimum Gasteiger partial charge on any atom is -0.310 e. The van der Waals surface area contributed by atoms with Crippen molar-refractivity contribution in [1.29, 1.82) is 0 Å². The van der Waals surface area contributed by atoms with Crippen LogP contribution in [0.4, 0.5) is 5.69 Å². The molecule has 0 saturated carbocycles. The number of halogens is 2. The van der Waals surface area contributed by atoms with Crippen LogP contribution in [0.2, 0.25) is 5.02 Å². The van der Waals surface area contributed by atoms with Gasteiger partial charge in [-0.05, 0) is 36.2 Å². The first-order chi connectivity index (χ1) is 10.7. The van der Waals surface area contributed by atoms with Gasteiger partial charge in [-0.2, -0.15) is 0 Å². The topological polar surface area (TPSA) is 20.3 Å². The van der Waals surface area contributed by atoms with E-state index < -0.39 is 0 Å². The molecule has 0 radical (unpaired) electrons. The first-order valence-corrected chi connectivity index (χ1v) is 8.88. The summed E-state index contributed by atoms with van der Waals surface area (Å²) in [6, 6.07) is 15.5. The maximum atomic E-state index is 12.9. The molecule has 0 aliphatic carbocycles. The number of nitrogens with zero attached hydrogens (tertiary/aromatic N) is 1. The highest BCUT2D eigenvalue weighted by Gasteiger charge is 2.34. The number of para-hydroxylation sites is 1. The third kappa shape index (κ3) is 3.12. The molecule has 0 fully saturated rings. The van der Waals surface area contributed by atoms with E-state index in [1.54, 1.807) is 11.8 Å². The summed E-state index contributed by atoms with van der Waals surface area (Å²) in [6.07, 6.45) is 0.777. The van der Waals surface area contributed by atoms with Crippen molar-refractivity contribution in [2.24, 2.45) is 0 Å². The third-order valence-corrected chi connectivity index (χ3v) is 5.41. The Morgan fingerprint density at radius 2 is 1.82 bits per heavy atom. The Hall–Kier alpha value is -1.16. The summed E-state index contributed by atoms with van der Waals surface area (Å²) in [4.78, 5) is 15.9.